The van der Waals surface area contributed by atoms with Crippen LogP contribution in [-0.4, -0.2) is 35.9 Å². The summed E-state index contributed by atoms with van der Waals surface area (Å²) in [5.74, 6) is 0.324. The highest BCUT2D eigenvalue weighted by atomic mass is 16.5. The molecular formula is C23H26N4O3. The Labute approximate surface area is 175 Å². The van der Waals surface area contributed by atoms with Gasteiger partial charge in [0.15, 0.2) is 0 Å². The Morgan fingerprint density at radius 1 is 1.03 bits per heavy atom. The summed E-state index contributed by atoms with van der Waals surface area (Å²) >= 11 is 0. The van der Waals surface area contributed by atoms with E-state index in [1.165, 1.54) is 6.07 Å². The van der Waals surface area contributed by atoms with Crippen molar-refractivity contribution in [2.45, 2.75) is 20.4 Å². The summed E-state index contributed by atoms with van der Waals surface area (Å²) in [6.07, 6.45) is 0. The van der Waals surface area contributed by atoms with Gasteiger partial charge >= 0.3 is 0 Å². The zero-order valence-corrected chi connectivity index (χ0v) is 17.5. The Kier molecular flexibility index (Phi) is 6.85. The number of hydrogen-bond acceptors (Lipinski definition) is 5. The van der Waals surface area contributed by atoms with Gasteiger partial charge in [0.25, 0.3) is 5.56 Å². The van der Waals surface area contributed by atoms with E-state index in [9.17, 15) is 9.59 Å². The molecule has 0 aliphatic carbocycles. The molecule has 3 aromatic rings. The number of aromatic nitrogens is 2. The molecule has 156 valence electrons. The summed E-state index contributed by atoms with van der Waals surface area (Å²) in [6, 6.07) is 18.1. The molecular weight excluding hydrogens is 380 g/mol. The molecule has 0 saturated heterocycles. The molecule has 0 bridgehead atoms. The third-order valence-electron chi connectivity index (χ3n) is 4.82. The summed E-state index contributed by atoms with van der Waals surface area (Å²) in [5, 5.41) is 7.17. The van der Waals surface area contributed by atoms with Gasteiger partial charge in [-0.15, -0.1) is 0 Å². The second kappa shape index (κ2) is 9.73. The van der Waals surface area contributed by atoms with E-state index in [2.05, 4.69) is 29.2 Å². The van der Waals surface area contributed by atoms with Crippen LogP contribution in [-0.2, 0) is 11.3 Å². The molecule has 30 heavy (non-hydrogen) atoms. The molecule has 1 heterocycles. The minimum atomic E-state index is -0.347. The maximum absolute atomic E-state index is 12.5. The SMILES string of the molecule is CCN(CC)c1ccc(NC(=O)Cn2nc(-c3ccccc3OC)ccc2=O)cc1. The monoisotopic (exact) mass is 406 g/mol. The number of nitrogens with one attached hydrogen (secondary N) is 1. The summed E-state index contributed by atoms with van der Waals surface area (Å²) in [6.45, 7) is 5.85. The van der Waals surface area contributed by atoms with Crippen molar-refractivity contribution in [1.29, 1.82) is 0 Å². The van der Waals surface area contributed by atoms with Crippen molar-refractivity contribution in [3.05, 3.63) is 71.0 Å². The first kappa shape index (κ1) is 21.1. The van der Waals surface area contributed by atoms with Gasteiger partial charge in [0.1, 0.15) is 12.3 Å². The van der Waals surface area contributed by atoms with Crippen LogP contribution in [0.15, 0.2) is 65.5 Å². The van der Waals surface area contributed by atoms with Crippen LogP contribution in [0.3, 0.4) is 0 Å². The van der Waals surface area contributed by atoms with Gasteiger partial charge in [-0.2, -0.15) is 5.10 Å². The van der Waals surface area contributed by atoms with Crippen molar-refractivity contribution in [3.8, 4) is 17.0 Å². The Bertz CT molecular complexity index is 1060. The highest BCUT2D eigenvalue weighted by molar-refractivity contribution is 5.90. The molecule has 0 aliphatic heterocycles. The van der Waals surface area contributed by atoms with Crippen LogP contribution in [0, 0.1) is 0 Å². The Hall–Kier alpha value is -3.61. The number of carbonyl (C=O) groups excluding carboxylic acids is 1. The van der Waals surface area contributed by atoms with E-state index in [1.807, 2.05) is 48.5 Å². The minimum Gasteiger partial charge on any atom is -0.496 e. The molecule has 0 fully saturated rings. The van der Waals surface area contributed by atoms with Gasteiger partial charge in [0.05, 0.1) is 12.8 Å². The molecule has 0 unspecified atom stereocenters. The first-order valence-electron chi connectivity index (χ1n) is 9.92. The zero-order chi connectivity index (χ0) is 21.5. The largest absolute Gasteiger partial charge is 0.496 e. The van der Waals surface area contributed by atoms with Gasteiger partial charge in [-0.1, -0.05) is 12.1 Å². The van der Waals surface area contributed by atoms with Crippen LogP contribution in [0.4, 0.5) is 11.4 Å². The Morgan fingerprint density at radius 2 is 1.73 bits per heavy atom. The average molecular weight is 406 g/mol. The number of methoxy groups -OCH3 is 1. The lowest BCUT2D eigenvalue weighted by molar-refractivity contribution is -0.117. The number of amides is 1. The molecule has 1 aromatic heterocycles. The highest BCUT2D eigenvalue weighted by Crippen LogP contribution is 2.27. The van der Waals surface area contributed by atoms with Gasteiger partial charge in [-0.25, -0.2) is 4.68 Å². The topological polar surface area (TPSA) is 76.5 Å². The maximum atomic E-state index is 12.5. The van der Waals surface area contributed by atoms with E-state index in [-0.39, 0.29) is 18.0 Å². The van der Waals surface area contributed by atoms with Crippen molar-refractivity contribution >= 4 is 17.3 Å². The standard InChI is InChI=1S/C23H26N4O3/c1-4-26(5-2)18-12-10-17(11-13-18)24-22(28)16-27-23(29)15-14-20(25-27)19-8-6-7-9-21(19)30-3/h6-15H,4-5,16H2,1-3H3,(H,24,28). The number of ether oxygens (including phenoxy) is 1. The van der Waals surface area contributed by atoms with Crippen LogP contribution >= 0.6 is 0 Å². The smallest absolute Gasteiger partial charge is 0.267 e. The molecule has 0 atom stereocenters. The molecule has 3 rings (SSSR count). The van der Waals surface area contributed by atoms with Gasteiger partial charge in [-0.05, 0) is 56.3 Å². The molecule has 7 nitrogen and oxygen atoms in total. The first-order valence-corrected chi connectivity index (χ1v) is 9.92. The summed E-state index contributed by atoms with van der Waals surface area (Å²) in [5.41, 5.74) is 2.73. The first-order chi connectivity index (χ1) is 14.5. The fraction of sp³-hybridized carbons (Fsp3) is 0.261. The van der Waals surface area contributed by atoms with Crippen molar-refractivity contribution < 1.29 is 9.53 Å². The summed E-state index contributed by atoms with van der Waals surface area (Å²) < 4.78 is 6.52. The minimum absolute atomic E-state index is 0.181. The number of anilines is 2. The van der Waals surface area contributed by atoms with E-state index in [0.29, 0.717) is 17.1 Å². The molecule has 1 N–H and O–H groups in total. The number of nitrogens with zero attached hydrogens (tertiary/aromatic N) is 3. The zero-order valence-electron chi connectivity index (χ0n) is 17.5. The molecule has 0 radical (unpaired) electrons. The van der Waals surface area contributed by atoms with E-state index in [1.54, 1.807) is 13.2 Å². The molecule has 0 aliphatic rings. The number of hydrogen-bond donors (Lipinski definition) is 1. The van der Waals surface area contributed by atoms with Gasteiger partial charge in [0, 0.05) is 36.1 Å². The van der Waals surface area contributed by atoms with Crippen molar-refractivity contribution in [2.75, 3.05) is 30.4 Å². The Balaban J connectivity index is 1.75. The fourth-order valence-electron chi connectivity index (χ4n) is 3.24. The lowest BCUT2D eigenvalue weighted by atomic mass is 10.1. The number of benzene rings is 2. The van der Waals surface area contributed by atoms with Crippen molar-refractivity contribution in [2.24, 2.45) is 0 Å². The third-order valence-corrected chi connectivity index (χ3v) is 4.82. The predicted molar refractivity (Wildman–Crippen MR) is 119 cm³/mol. The van der Waals surface area contributed by atoms with E-state index >= 15 is 0 Å². The van der Waals surface area contributed by atoms with Crippen LogP contribution in [0.2, 0.25) is 0 Å². The van der Waals surface area contributed by atoms with Crippen LogP contribution < -0.4 is 20.5 Å². The van der Waals surface area contributed by atoms with Gasteiger partial charge in [0.2, 0.25) is 5.91 Å². The third kappa shape index (κ3) is 4.86. The van der Waals surface area contributed by atoms with E-state index < -0.39 is 0 Å². The van der Waals surface area contributed by atoms with Crippen molar-refractivity contribution in [3.63, 3.8) is 0 Å². The molecule has 7 heteroatoms. The number of carbonyl (C=O) groups is 1. The van der Waals surface area contributed by atoms with Crippen LogP contribution in [0.5, 0.6) is 5.75 Å². The molecule has 0 spiro atoms. The molecule has 2 aromatic carbocycles. The van der Waals surface area contributed by atoms with Gasteiger partial charge < -0.3 is 15.0 Å². The lowest BCUT2D eigenvalue weighted by Gasteiger charge is -2.21. The quantitative estimate of drug-likeness (QED) is 0.620. The maximum Gasteiger partial charge on any atom is 0.267 e. The highest BCUT2D eigenvalue weighted by Gasteiger charge is 2.11. The summed E-state index contributed by atoms with van der Waals surface area (Å²) in [4.78, 5) is 26.9. The fourth-order valence-corrected chi connectivity index (χ4v) is 3.24. The van der Waals surface area contributed by atoms with Gasteiger partial charge in [-0.3, -0.25) is 9.59 Å². The predicted octanol–water partition coefficient (Wildman–Crippen LogP) is 3.40. The number of para-hydroxylation sites is 1. The Morgan fingerprint density at radius 3 is 2.40 bits per heavy atom. The second-order valence-corrected chi connectivity index (χ2v) is 6.68. The lowest BCUT2D eigenvalue weighted by Crippen LogP contribution is -2.29. The average Bonchev–Trinajstić information content (AvgIpc) is 2.77. The molecule has 0 saturated carbocycles. The van der Waals surface area contributed by atoms with E-state index in [4.69, 9.17) is 4.74 Å². The van der Waals surface area contributed by atoms with Crippen molar-refractivity contribution in [1.82, 2.24) is 9.78 Å². The normalized spacial score (nSPS) is 10.5. The summed E-state index contributed by atoms with van der Waals surface area (Å²) in [7, 11) is 1.58. The molecule has 1 amide bonds. The number of rotatable bonds is 8. The second-order valence-electron chi connectivity index (χ2n) is 6.68. The van der Waals surface area contributed by atoms with Crippen LogP contribution in [0.25, 0.3) is 11.3 Å². The van der Waals surface area contributed by atoms with E-state index in [0.717, 1.165) is 29.0 Å². The van der Waals surface area contributed by atoms with Crippen LogP contribution in [0.1, 0.15) is 13.8 Å².